The van der Waals surface area contributed by atoms with Gasteiger partial charge in [-0.2, -0.15) is 20.4 Å². The molecule has 0 aliphatic heterocycles. The molecule has 0 aliphatic rings. The van der Waals surface area contributed by atoms with Crippen molar-refractivity contribution in [3.05, 3.63) is 91.0 Å². The van der Waals surface area contributed by atoms with E-state index in [9.17, 15) is 0 Å². The number of amidine groups is 2. The zero-order valence-electron chi connectivity index (χ0n) is 22.4. The van der Waals surface area contributed by atoms with Gasteiger partial charge in [0.25, 0.3) is 0 Å². The Hall–Kier alpha value is -2.23. The SMILES string of the molecule is CNC([S-])=NN=C(C)C(C)=NN=C([S-])NCCOC[P+](c1ccccc1)(c1ccccc1)c1ccccc1.[Br-].[Cu+2]. The maximum Gasteiger partial charge on any atom is 2.00 e. The van der Waals surface area contributed by atoms with Crippen LogP contribution in [-0.4, -0.2) is 48.3 Å². The van der Waals surface area contributed by atoms with Crippen molar-refractivity contribution >= 4 is 70.2 Å². The normalized spacial score (nSPS) is 12.7. The number of rotatable bonds is 11. The van der Waals surface area contributed by atoms with Gasteiger partial charge in [-0.3, -0.25) is 0 Å². The first-order valence-electron chi connectivity index (χ1n) is 12.1. The summed E-state index contributed by atoms with van der Waals surface area (Å²) in [5.41, 5.74) is 1.19. The molecule has 0 fully saturated rings. The maximum absolute atomic E-state index is 6.34. The third-order valence-electron chi connectivity index (χ3n) is 5.72. The molecule has 0 aliphatic carbocycles. The Balaban J connectivity index is 0.00000400. The molecule has 1 radical (unpaired) electrons. The molecule has 215 valence electrons. The van der Waals surface area contributed by atoms with Crippen LogP contribution in [0.1, 0.15) is 13.8 Å². The third kappa shape index (κ3) is 10.3. The predicted molar refractivity (Wildman–Crippen MR) is 169 cm³/mol. The summed E-state index contributed by atoms with van der Waals surface area (Å²) >= 11 is 10.3. The predicted octanol–water partition coefficient (Wildman–Crippen LogP) is 0.323. The molecule has 40 heavy (non-hydrogen) atoms. The summed E-state index contributed by atoms with van der Waals surface area (Å²) in [4.78, 5) is 0. The van der Waals surface area contributed by atoms with Gasteiger partial charge in [0.15, 0.2) is 6.35 Å². The molecule has 0 amide bonds. The van der Waals surface area contributed by atoms with Crippen LogP contribution >= 0.6 is 7.26 Å². The molecule has 0 bridgehead atoms. The van der Waals surface area contributed by atoms with Crippen LogP contribution in [0, 0.1) is 0 Å². The van der Waals surface area contributed by atoms with Crippen molar-refractivity contribution in [1.29, 1.82) is 0 Å². The summed E-state index contributed by atoms with van der Waals surface area (Å²) in [6.07, 6.45) is 0.571. The zero-order chi connectivity index (χ0) is 27.2. The Kier molecular flexibility index (Phi) is 17.0. The first-order valence-corrected chi connectivity index (χ1v) is 14.9. The molecule has 2 N–H and O–H groups in total. The van der Waals surface area contributed by atoms with Crippen molar-refractivity contribution in [1.82, 2.24) is 10.6 Å². The van der Waals surface area contributed by atoms with Crippen molar-refractivity contribution < 1.29 is 38.8 Å². The summed E-state index contributed by atoms with van der Waals surface area (Å²) < 4.78 is 6.34. The fourth-order valence-corrected chi connectivity index (χ4v) is 7.59. The first kappa shape index (κ1) is 35.8. The molecule has 0 saturated heterocycles. The average molecular weight is 707 g/mol. The number of hydrogen-bond donors (Lipinski definition) is 2. The molecule has 0 aromatic heterocycles. The number of nitrogens with zero attached hydrogens (tertiary/aromatic N) is 4. The average Bonchev–Trinajstić information content (AvgIpc) is 2.97. The van der Waals surface area contributed by atoms with Crippen LogP contribution in [0.4, 0.5) is 0 Å². The number of halogens is 1. The molecule has 0 heterocycles. The fraction of sp³-hybridized carbons (Fsp3) is 0.214. The van der Waals surface area contributed by atoms with Gasteiger partial charge in [-0.15, -0.1) is 0 Å². The molecule has 0 unspecified atom stereocenters. The topological polar surface area (TPSA) is 82.7 Å². The fourth-order valence-electron chi connectivity index (χ4n) is 3.62. The zero-order valence-corrected chi connectivity index (χ0v) is 27.5. The van der Waals surface area contributed by atoms with Crippen molar-refractivity contribution in [3.8, 4) is 0 Å². The quantitative estimate of drug-likeness (QED) is 0.0572. The van der Waals surface area contributed by atoms with Gasteiger partial charge in [0.05, 0.1) is 18.0 Å². The number of hydrogen-bond acceptors (Lipinski definition) is 7. The second-order valence-electron chi connectivity index (χ2n) is 8.21. The van der Waals surface area contributed by atoms with Gasteiger partial charge in [-0.25, -0.2) is 0 Å². The van der Waals surface area contributed by atoms with Crippen LogP contribution in [0.2, 0.25) is 0 Å². The molecule has 0 spiro atoms. The van der Waals surface area contributed by atoms with Crippen LogP contribution < -0.4 is 43.5 Å². The number of benzene rings is 3. The Morgan fingerprint density at radius 1 is 0.700 bits per heavy atom. The minimum atomic E-state index is -2.03. The second-order valence-corrected chi connectivity index (χ2v) is 12.4. The standard InChI is InChI=1S/C28H33N6OPS2.BrH.Cu/c1-22(31-33-27(37)29-3)23(2)32-34-28(38)30-19-20-35-21-36(24-13-7-4-8-14-24,25-15-9-5-10-16-25)26-17-11-6-12-18-26;;/h4-18H,19-21H2,1-3H3,(H3-,29,30,31,32,33,34,37,38);1H;/q;;+2/p-2. The Bertz CT molecular complexity index is 1190. The van der Waals surface area contributed by atoms with Gasteiger partial charge >= 0.3 is 17.1 Å². The molecule has 12 heteroatoms. The van der Waals surface area contributed by atoms with Crippen LogP contribution in [-0.2, 0) is 47.1 Å². The largest absolute Gasteiger partial charge is 2.00 e. The Morgan fingerprint density at radius 2 is 1.10 bits per heavy atom. The van der Waals surface area contributed by atoms with Crippen molar-refractivity contribution in [2.75, 3.05) is 26.5 Å². The minimum Gasteiger partial charge on any atom is -1.00 e. The molecule has 3 aromatic carbocycles. The number of nitrogens with one attached hydrogen (secondary N) is 2. The van der Waals surface area contributed by atoms with Crippen LogP contribution in [0.15, 0.2) is 111 Å². The Morgan fingerprint density at radius 3 is 1.50 bits per heavy atom. The molecular formula is C28H32BrCuN6OPS2. The third-order valence-corrected chi connectivity index (χ3v) is 10.3. The van der Waals surface area contributed by atoms with E-state index < -0.39 is 7.26 Å². The van der Waals surface area contributed by atoms with Crippen molar-refractivity contribution in [3.63, 3.8) is 0 Å². The Labute approximate surface area is 269 Å². The van der Waals surface area contributed by atoms with Crippen LogP contribution in [0.5, 0.6) is 0 Å². The van der Waals surface area contributed by atoms with Gasteiger partial charge in [0, 0.05) is 13.6 Å². The molecular weight excluding hydrogens is 675 g/mol. The van der Waals surface area contributed by atoms with Gasteiger partial charge < -0.3 is 57.6 Å². The van der Waals surface area contributed by atoms with Crippen LogP contribution in [0.25, 0.3) is 0 Å². The van der Waals surface area contributed by atoms with Gasteiger partial charge in [-0.05, 0) is 60.6 Å². The molecule has 0 saturated carbocycles. The summed E-state index contributed by atoms with van der Waals surface area (Å²) in [7, 11) is -0.346. The van der Waals surface area contributed by atoms with Crippen LogP contribution in [0.3, 0.4) is 0 Å². The van der Waals surface area contributed by atoms with E-state index in [4.69, 9.17) is 30.0 Å². The van der Waals surface area contributed by atoms with Crippen molar-refractivity contribution in [2.45, 2.75) is 13.8 Å². The van der Waals surface area contributed by atoms with E-state index in [0.717, 1.165) is 0 Å². The maximum atomic E-state index is 6.34. The molecule has 3 rings (SSSR count). The second kappa shape index (κ2) is 19.0. The van der Waals surface area contributed by atoms with Gasteiger partial charge in [0.2, 0.25) is 0 Å². The van der Waals surface area contributed by atoms with E-state index >= 15 is 0 Å². The summed E-state index contributed by atoms with van der Waals surface area (Å²) in [6, 6.07) is 31.9. The van der Waals surface area contributed by atoms with E-state index in [1.807, 2.05) is 18.2 Å². The number of ether oxygens (including phenoxy) is 1. The molecule has 3 aromatic rings. The van der Waals surface area contributed by atoms with Gasteiger partial charge in [0.1, 0.15) is 23.2 Å². The van der Waals surface area contributed by atoms with E-state index in [0.29, 0.717) is 36.1 Å². The first-order chi connectivity index (χ1) is 18.5. The summed E-state index contributed by atoms with van der Waals surface area (Å²) in [6.45, 7) is 4.54. The van der Waals surface area contributed by atoms with Gasteiger partial charge in [-0.1, -0.05) is 54.6 Å². The summed E-state index contributed by atoms with van der Waals surface area (Å²) in [5, 5.41) is 26.3. The van der Waals surface area contributed by atoms with E-state index in [2.05, 4.69) is 104 Å². The van der Waals surface area contributed by atoms with E-state index in [1.165, 1.54) is 15.9 Å². The monoisotopic (exact) mass is 705 g/mol. The smallest absolute Gasteiger partial charge is 1.00 e. The summed E-state index contributed by atoms with van der Waals surface area (Å²) in [5.74, 6) is 0. The molecule has 0 atom stereocenters. The van der Waals surface area contributed by atoms with E-state index in [-0.39, 0.29) is 39.2 Å². The van der Waals surface area contributed by atoms with Crippen molar-refractivity contribution in [2.24, 2.45) is 20.4 Å². The molecule has 7 nitrogen and oxygen atoms in total. The minimum absolute atomic E-state index is 0. The van der Waals surface area contributed by atoms with E-state index in [1.54, 1.807) is 20.9 Å².